The highest BCUT2D eigenvalue weighted by Gasteiger charge is 2.45. The van der Waals surface area contributed by atoms with Gasteiger partial charge in [0.05, 0.1) is 12.2 Å². The molecule has 1 amide bonds. The third kappa shape index (κ3) is 3.47. The lowest BCUT2D eigenvalue weighted by Crippen LogP contribution is -2.47. The zero-order valence-electron chi connectivity index (χ0n) is 16.1. The van der Waals surface area contributed by atoms with Gasteiger partial charge in [0.1, 0.15) is 0 Å². The predicted octanol–water partition coefficient (Wildman–Crippen LogP) is 2.61. The van der Waals surface area contributed by atoms with Crippen LogP contribution in [-0.4, -0.2) is 74.2 Å². The summed E-state index contributed by atoms with van der Waals surface area (Å²) in [5.74, 6) is 0.151. The molecule has 0 aliphatic carbocycles. The lowest BCUT2D eigenvalue weighted by Gasteiger charge is -2.39. The molecule has 26 heavy (non-hydrogen) atoms. The average Bonchev–Trinajstić information content (AvgIpc) is 3.32. The fourth-order valence-corrected chi connectivity index (χ4v) is 4.73. The van der Waals surface area contributed by atoms with Gasteiger partial charge in [0.2, 0.25) is 0 Å². The molecular weight excluding hydrogens is 326 g/mol. The number of nitrogens with zero attached hydrogens (tertiary/aromatic N) is 3. The van der Waals surface area contributed by atoms with E-state index >= 15 is 0 Å². The van der Waals surface area contributed by atoms with Gasteiger partial charge in [-0.05, 0) is 63.4 Å². The van der Waals surface area contributed by atoms with E-state index in [1.807, 2.05) is 48.2 Å². The summed E-state index contributed by atoms with van der Waals surface area (Å²) in [6.07, 6.45) is 5.74. The van der Waals surface area contributed by atoms with Crippen LogP contribution in [0.25, 0.3) is 0 Å². The number of rotatable bonds is 3. The van der Waals surface area contributed by atoms with E-state index in [4.69, 9.17) is 4.74 Å². The van der Waals surface area contributed by atoms with Gasteiger partial charge in [-0.15, -0.1) is 0 Å². The molecule has 3 aliphatic heterocycles. The maximum Gasteiger partial charge on any atom is 0.253 e. The van der Waals surface area contributed by atoms with Gasteiger partial charge in [-0.25, -0.2) is 0 Å². The average molecular weight is 357 g/mol. The Morgan fingerprint density at radius 1 is 1.15 bits per heavy atom. The molecule has 3 heterocycles. The standard InChI is InChI=1S/C21H31N3O2/c1-22(2)18-7-5-6-17(14-18)20(25)24-12-8-21(9-13-24)15-19(16-26-21)23-10-3-4-11-23/h5-7,14,19H,3-4,8-13,15-16H2,1-2H3/t19-/m0/s1. The lowest BCUT2D eigenvalue weighted by molar-refractivity contribution is -0.0393. The summed E-state index contributed by atoms with van der Waals surface area (Å²) in [5, 5.41) is 0. The molecule has 0 saturated carbocycles. The van der Waals surface area contributed by atoms with Gasteiger partial charge < -0.3 is 14.5 Å². The summed E-state index contributed by atoms with van der Waals surface area (Å²) >= 11 is 0. The van der Waals surface area contributed by atoms with Crippen molar-refractivity contribution in [2.45, 2.75) is 43.7 Å². The Morgan fingerprint density at radius 2 is 1.88 bits per heavy atom. The molecule has 3 aliphatic rings. The van der Waals surface area contributed by atoms with E-state index in [2.05, 4.69) is 4.90 Å². The maximum absolute atomic E-state index is 12.9. The Morgan fingerprint density at radius 3 is 2.58 bits per heavy atom. The second kappa shape index (κ2) is 7.20. The van der Waals surface area contributed by atoms with Crippen LogP contribution in [-0.2, 0) is 4.74 Å². The van der Waals surface area contributed by atoms with Crippen molar-refractivity contribution in [1.29, 1.82) is 0 Å². The molecular formula is C21H31N3O2. The summed E-state index contributed by atoms with van der Waals surface area (Å²) in [6.45, 7) is 4.95. The minimum absolute atomic E-state index is 0.00945. The maximum atomic E-state index is 12.9. The van der Waals surface area contributed by atoms with E-state index in [9.17, 15) is 4.79 Å². The predicted molar refractivity (Wildman–Crippen MR) is 104 cm³/mol. The summed E-state index contributed by atoms with van der Waals surface area (Å²) in [5.41, 5.74) is 1.86. The molecule has 1 spiro atoms. The number of benzene rings is 1. The monoisotopic (exact) mass is 357 g/mol. The summed E-state index contributed by atoms with van der Waals surface area (Å²) in [6, 6.07) is 8.51. The quantitative estimate of drug-likeness (QED) is 0.833. The van der Waals surface area contributed by atoms with Crippen molar-refractivity contribution >= 4 is 11.6 Å². The van der Waals surface area contributed by atoms with E-state index in [-0.39, 0.29) is 11.5 Å². The van der Waals surface area contributed by atoms with Gasteiger partial charge in [0.25, 0.3) is 5.91 Å². The van der Waals surface area contributed by atoms with Crippen LogP contribution in [0.2, 0.25) is 0 Å². The first kappa shape index (κ1) is 17.8. The van der Waals surface area contributed by atoms with Crippen molar-refractivity contribution in [2.24, 2.45) is 0 Å². The Balaban J connectivity index is 1.36. The first-order valence-corrected chi connectivity index (χ1v) is 10.0. The molecule has 5 heteroatoms. The summed E-state index contributed by atoms with van der Waals surface area (Å²) in [7, 11) is 4.00. The third-order valence-electron chi connectivity index (χ3n) is 6.42. The van der Waals surface area contributed by atoms with Gasteiger partial charge in [0.15, 0.2) is 0 Å². The molecule has 5 nitrogen and oxygen atoms in total. The molecule has 4 rings (SSSR count). The van der Waals surface area contributed by atoms with E-state index in [0.29, 0.717) is 6.04 Å². The Hall–Kier alpha value is -1.59. The fraction of sp³-hybridized carbons (Fsp3) is 0.667. The van der Waals surface area contributed by atoms with Crippen molar-refractivity contribution in [1.82, 2.24) is 9.80 Å². The van der Waals surface area contributed by atoms with Crippen molar-refractivity contribution < 1.29 is 9.53 Å². The first-order valence-electron chi connectivity index (χ1n) is 10.0. The fourth-order valence-electron chi connectivity index (χ4n) is 4.73. The highest BCUT2D eigenvalue weighted by Crippen LogP contribution is 2.38. The van der Waals surface area contributed by atoms with Gasteiger partial charge in [-0.1, -0.05) is 6.07 Å². The molecule has 3 saturated heterocycles. The number of hydrogen-bond acceptors (Lipinski definition) is 4. The SMILES string of the molecule is CN(C)c1cccc(C(=O)N2CCC3(CC2)C[C@H](N2CCCC2)CO3)c1. The normalized spacial score (nSPS) is 25.8. The Labute approximate surface area is 156 Å². The van der Waals surface area contributed by atoms with Gasteiger partial charge >= 0.3 is 0 Å². The van der Waals surface area contributed by atoms with E-state index < -0.39 is 0 Å². The Kier molecular flexibility index (Phi) is 4.93. The molecule has 0 N–H and O–H groups in total. The molecule has 0 aromatic heterocycles. The minimum Gasteiger partial charge on any atom is -0.378 e. The number of likely N-dealkylation sites (tertiary alicyclic amines) is 2. The molecule has 142 valence electrons. The summed E-state index contributed by atoms with van der Waals surface area (Å²) in [4.78, 5) is 19.6. The first-order chi connectivity index (χ1) is 12.6. The molecule has 1 atom stereocenters. The van der Waals surface area contributed by atoms with Crippen LogP contribution in [0.3, 0.4) is 0 Å². The number of ether oxygens (including phenoxy) is 1. The van der Waals surface area contributed by atoms with Gasteiger partial charge in [-0.2, -0.15) is 0 Å². The number of carbonyl (C=O) groups is 1. The topological polar surface area (TPSA) is 36.0 Å². The van der Waals surface area contributed by atoms with E-state index in [0.717, 1.165) is 50.2 Å². The van der Waals surface area contributed by atoms with E-state index in [1.54, 1.807) is 0 Å². The van der Waals surface area contributed by atoms with Crippen molar-refractivity contribution in [2.75, 3.05) is 51.8 Å². The highest BCUT2D eigenvalue weighted by atomic mass is 16.5. The smallest absolute Gasteiger partial charge is 0.253 e. The molecule has 1 aromatic carbocycles. The molecule has 0 unspecified atom stereocenters. The van der Waals surface area contributed by atoms with Crippen LogP contribution < -0.4 is 4.90 Å². The van der Waals surface area contributed by atoms with Crippen LogP contribution in [0.15, 0.2) is 24.3 Å². The number of amides is 1. The van der Waals surface area contributed by atoms with Gasteiger partial charge in [0, 0.05) is 44.5 Å². The van der Waals surface area contributed by atoms with Crippen molar-refractivity contribution in [3.8, 4) is 0 Å². The van der Waals surface area contributed by atoms with Crippen LogP contribution in [0.1, 0.15) is 42.5 Å². The van der Waals surface area contributed by atoms with Crippen LogP contribution in [0.4, 0.5) is 5.69 Å². The lowest BCUT2D eigenvalue weighted by atomic mass is 9.87. The molecule has 0 bridgehead atoms. The largest absolute Gasteiger partial charge is 0.378 e. The minimum atomic E-state index is 0.00945. The van der Waals surface area contributed by atoms with E-state index in [1.165, 1.54) is 25.9 Å². The van der Waals surface area contributed by atoms with Crippen LogP contribution in [0, 0.1) is 0 Å². The Bertz CT molecular complexity index is 646. The van der Waals surface area contributed by atoms with Crippen molar-refractivity contribution in [3.05, 3.63) is 29.8 Å². The van der Waals surface area contributed by atoms with Gasteiger partial charge in [-0.3, -0.25) is 9.69 Å². The van der Waals surface area contributed by atoms with Crippen molar-refractivity contribution in [3.63, 3.8) is 0 Å². The third-order valence-corrected chi connectivity index (χ3v) is 6.42. The zero-order chi connectivity index (χ0) is 18.1. The highest BCUT2D eigenvalue weighted by molar-refractivity contribution is 5.95. The van der Waals surface area contributed by atoms with Crippen LogP contribution >= 0.6 is 0 Å². The number of hydrogen-bond donors (Lipinski definition) is 0. The summed E-state index contributed by atoms with van der Waals surface area (Å²) < 4.78 is 6.30. The zero-order valence-corrected chi connectivity index (χ0v) is 16.1. The second-order valence-corrected chi connectivity index (χ2v) is 8.33. The number of carbonyl (C=O) groups excluding carboxylic acids is 1. The number of anilines is 1. The molecule has 1 aromatic rings. The molecule has 0 radical (unpaired) electrons. The second-order valence-electron chi connectivity index (χ2n) is 8.33. The molecule has 3 fully saturated rings. The number of piperidine rings is 1. The van der Waals surface area contributed by atoms with Crippen LogP contribution in [0.5, 0.6) is 0 Å².